The highest BCUT2D eigenvalue weighted by Gasteiger charge is 2.47. The van der Waals surface area contributed by atoms with E-state index >= 15 is 0 Å². The van der Waals surface area contributed by atoms with Crippen molar-refractivity contribution in [2.45, 2.75) is 96.5 Å². The summed E-state index contributed by atoms with van der Waals surface area (Å²) in [7, 11) is 0. The molecule has 0 amide bonds. The smallest absolute Gasteiger partial charge is 0.339 e. The Hall–Kier alpha value is -2.86. The van der Waals surface area contributed by atoms with Crippen LogP contribution in [0.2, 0.25) is 0 Å². The van der Waals surface area contributed by atoms with Gasteiger partial charge in [-0.2, -0.15) is 0 Å². The number of hydrogen-bond donors (Lipinski definition) is 2. The summed E-state index contributed by atoms with van der Waals surface area (Å²) in [5, 5.41) is 11.3. The number of phenolic OH excluding ortho intramolecular Hbond substituents is 1. The second-order valence-electron chi connectivity index (χ2n) is 12.0. The van der Waals surface area contributed by atoms with Crippen molar-refractivity contribution < 1.29 is 19.4 Å². The van der Waals surface area contributed by atoms with E-state index in [2.05, 4.69) is 40.7 Å². The Bertz CT molecular complexity index is 1230. The van der Waals surface area contributed by atoms with Gasteiger partial charge in [-0.05, 0) is 80.5 Å². The Kier molecular flexibility index (Phi) is 8.22. The molecule has 0 saturated heterocycles. The van der Waals surface area contributed by atoms with E-state index in [-0.39, 0.29) is 29.0 Å². The molecule has 38 heavy (non-hydrogen) atoms. The van der Waals surface area contributed by atoms with Gasteiger partial charge in [-0.15, -0.1) is 0 Å². The molecule has 4 rings (SSSR count). The van der Waals surface area contributed by atoms with Gasteiger partial charge in [0.15, 0.2) is 0 Å². The number of carbonyl (C=O) groups is 1. The lowest BCUT2D eigenvalue weighted by Gasteiger charge is -2.47. The van der Waals surface area contributed by atoms with Gasteiger partial charge in [0.05, 0.1) is 0 Å². The number of thiocarbonyl (C=S) groups is 1. The maximum atomic E-state index is 13.1. The van der Waals surface area contributed by atoms with Crippen molar-refractivity contribution in [3.63, 3.8) is 0 Å². The van der Waals surface area contributed by atoms with Crippen molar-refractivity contribution in [3.8, 4) is 17.2 Å². The summed E-state index contributed by atoms with van der Waals surface area (Å²) in [6.07, 6.45) is 9.02. The molecular weight excluding hydrogens is 494 g/mol. The van der Waals surface area contributed by atoms with E-state index in [1.54, 1.807) is 24.3 Å². The molecule has 2 aromatic carbocycles. The molecule has 0 fully saturated rings. The van der Waals surface area contributed by atoms with E-state index in [1.165, 1.54) is 19.3 Å². The lowest BCUT2D eigenvalue weighted by Crippen LogP contribution is -2.46. The second kappa shape index (κ2) is 11.1. The van der Waals surface area contributed by atoms with Gasteiger partial charge in [0.25, 0.3) is 0 Å². The topological polar surface area (TPSA) is 81.8 Å². The predicted molar refractivity (Wildman–Crippen MR) is 156 cm³/mol. The average Bonchev–Trinajstić information content (AvgIpc) is 2.86. The van der Waals surface area contributed by atoms with Crippen LogP contribution in [0, 0.1) is 5.92 Å². The van der Waals surface area contributed by atoms with Gasteiger partial charge in [0.1, 0.15) is 27.8 Å². The summed E-state index contributed by atoms with van der Waals surface area (Å²) in [5.41, 5.74) is 8.39. The molecule has 1 aliphatic heterocycles. The summed E-state index contributed by atoms with van der Waals surface area (Å²) in [5.74, 6) is 1.15. The highest BCUT2D eigenvalue weighted by Crippen LogP contribution is 2.55. The third-order valence-electron chi connectivity index (χ3n) is 8.35. The number of fused-ring (bicyclic) bond motifs is 3. The van der Waals surface area contributed by atoms with Crippen molar-refractivity contribution in [1.29, 1.82) is 0 Å². The standard InChI is InChI=1S/C32H41NO4S/c1-6-7-8-9-16-31(2,3)22-18-26(34)28-24-17-21(12-15-25(24)32(4,5)37-27(28)19-22)30(35)36-23-13-10-20(11-14-23)29(33)38/h10-14,18-19,24-25,34H,6-9,15-17H2,1-5H3,(H2,33,38)/t24-,25?/m1/s1. The number of rotatable bonds is 9. The fraction of sp³-hybridized carbons (Fsp3) is 0.500. The molecule has 1 aliphatic carbocycles. The summed E-state index contributed by atoms with van der Waals surface area (Å²) >= 11 is 5.00. The number of unbranched alkanes of at least 4 members (excludes halogenated alkanes) is 3. The SMILES string of the molecule is CCCCCCC(C)(C)c1cc(O)c2c(c1)OC(C)(C)C1CC=C(C(=O)Oc3ccc(C(N)=S)cc3)C[C@@H]21. The van der Waals surface area contributed by atoms with Gasteiger partial charge in [-0.25, -0.2) is 4.79 Å². The molecule has 5 nitrogen and oxygen atoms in total. The molecule has 2 atom stereocenters. The highest BCUT2D eigenvalue weighted by atomic mass is 32.1. The van der Waals surface area contributed by atoms with Crippen LogP contribution in [0.4, 0.5) is 0 Å². The first-order valence-electron chi connectivity index (χ1n) is 13.8. The van der Waals surface area contributed by atoms with Crippen molar-refractivity contribution in [3.05, 3.63) is 64.7 Å². The lowest BCUT2D eigenvalue weighted by molar-refractivity contribution is -0.130. The predicted octanol–water partition coefficient (Wildman–Crippen LogP) is 7.47. The van der Waals surface area contributed by atoms with Crippen LogP contribution in [0.3, 0.4) is 0 Å². The minimum atomic E-state index is -0.434. The fourth-order valence-electron chi connectivity index (χ4n) is 5.95. The van der Waals surface area contributed by atoms with Crippen molar-refractivity contribution in [1.82, 2.24) is 0 Å². The summed E-state index contributed by atoms with van der Waals surface area (Å²) in [6.45, 7) is 10.9. The highest BCUT2D eigenvalue weighted by molar-refractivity contribution is 7.80. The Morgan fingerprint density at radius 3 is 2.55 bits per heavy atom. The number of carbonyl (C=O) groups excluding carboxylic acids is 1. The largest absolute Gasteiger partial charge is 0.508 e. The van der Waals surface area contributed by atoms with E-state index < -0.39 is 5.60 Å². The third-order valence-corrected chi connectivity index (χ3v) is 8.58. The monoisotopic (exact) mass is 535 g/mol. The maximum absolute atomic E-state index is 13.1. The van der Waals surface area contributed by atoms with Gasteiger partial charge in [0, 0.05) is 28.5 Å². The quantitative estimate of drug-likeness (QED) is 0.150. The Morgan fingerprint density at radius 2 is 1.89 bits per heavy atom. The molecule has 0 saturated carbocycles. The van der Waals surface area contributed by atoms with Crippen LogP contribution in [0.25, 0.3) is 0 Å². The van der Waals surface area contributed by atoms with Gasteiger partial charge in [-0.1, -0.05) is 64.7 Å². The van der Waals surface area contributed by atoms with E-state index in [1.807, 2.05) is 12.1 Å². The van der Waals surface area contributed by atoms with E-state index in [4.69, 9.17) is 27.4 Å². The molecule has 0 aromatic heterocycles. The number of esters is 1. The minimum absolute atomic E-state index is 0.0417. The summed E-state index contributed by atoms with van der Waals surface area (Å²) in [6, 6.07) is 10.9. The number of allylic oxidation sites excluding steroid dienone is 1. The molecule has 0 spiro atoms. The lowest BCUT2D eigenvalue weighted by atomic mass is 9.66. The molecule has 1 unspecified atom stereocenters. The number of phenols is 1. The zero-order chi connectivity index (χ0) is 27.7. The maximum Gasteiger partial charge on any atom is 0.339 e. The number of nitrogens with two attached hydrogens (primary N) is 1. The Balaban J connectivity index is 1.57. The van der Waals surface area contributed by atoms with Crippen molar-refractivity contribution in [2.75, 3.05) is 0 Å². The number of hydrogen-bond acceptors (Lipinski definition) is 5. The van der Waals surface area contributed by atoms with Crippen LogP contribution < -0.4 is 15.2 Å². The fourth-order valence-corrected chi connectivity index (χ4v) is 6.09. The zero-order valence-electron chi connectivity index (χ0n) is 23.3. The molecule has 0 radical (unpaired) electrons. The number of aromatic hydroxyl groups is 1. The van der Waals surface area contributed by atoms with Crippen LogP contribution in [-0.4, -0.2) is 21.7 Å². The van der Waals surface area contributed by atoms with Gasteiger partial charge in [0.2, 0.25) is 0 Å². The first-order chi connectivity index (χ1) is 17.9. The zero-order valence-corrected chi connectivity index (χ0v) is 24.1. The normalized spacial score (nSPS) is 20.0. The first-order valence-corrected chi connectivity index (χ1v) is 14.2. The minimum Gasteiger partial charge on any atom is -0.508 e. The molecule has 0 bridgehead atoms. The molecular formula is C32H41NO4S. The van der Waals surface area contributed by atoms with Gasteiger partial charge >= 0.3 is 5.97 Å². The second-order valence-corrected chi connectivity index (χ2v) is 12.4. The van der Waals surface area contributed by atoms with Gasteiger partial charge < -0.3 is 20.3 Å². The number of ether oxygens (including phenoxy) is 2. The van der Waals surface area contributed by atoms with Crippen LogP contribution in [-0.2, 0) is 10.2 Å². The molecule has 2 aliphatic rings. The molecule has 1 heterocycles. The summed E-state index contributed by atoms with van der Waals surface area (Å²) < 4.78 is 12.2. The molecule has 2 aromatic rings. The van der Waals surface area contributed by atoms with E-state index in [9.17, 15) is 9.90 Å². The molecule has 6 heteroatoms. The van der Waals surface area contributed by atoms with Crippen LogP contribution in [0.5, 0.6) is 17.2 Å². The Morgan fingerprint density at radius 1 is 1.18 bits per heavy atom. The van der Waals surface area contributed by atoms with E-state index in [0.29, 0.717) is 29.2 Å². The number of benzene rings is 2. The van der Waals surface area contributed by atoms with Crippen molar-refractivity contribution >= 4 is 23.2 Å². The van der Waals surface area contributed by atoms with E-state index in [0.717, 1.165) is 35.3 Å². The molecule has 204 valence electrons. The van der Waals surface area contributed by atoms with Gasteiger partial charge in [-0.3, -0.25) is 0 Å². The summed E-state index contributed by atoms with van der Waals surface area (Å²) in [4.78, 5) is 13.4. The third kappa shape index (κ3) is 5.90. The average molecular weight is 536 g/mol. The Labute approximate surface area is 232 Å². The van der Waals surface area contributed by atoms with Crippen LogP contribution in [0.15, 0.2) is 48.0 Å². The van der Waals surface area contributed by atoms with Crippen LogP contribution >= 0.6 is 12.2 Å². The van der Waals surface area contributed by atoms with Crippen molar-refractivity contribution in [2.24, 2.45) is 11.7 Å². The first kappa shape index (κ1) is 28.2. The molecule has 3 N–H and O–H groups in total. The van der Waals surface area contributed by atoms with Crippen LogP contribution in [0.1, 0.15) is 102 Å².